The number of unbranched alkanes of at least 4 members (excludes halogenated alkanes) is 5. The van der Waals surface area contributed by atoms with Gasteiger partial charge in [-0.05, 0) is 36.6 Å². The molecule has 0 aliphatic heterocycles. The molecule has 0 amide bonds. The molecule has 0 saturated heterocycles. The zero-order chi connectivity index (χ0) is 14.6. The second kappa shape index (κ2) is 11.3. The summed E-state index contributed by atoms with van der Waals surface area (Å²) in [5, 5.41) is 3.51. The molecule has 1 nitrogen and oxygen atoms in total. The van der Waals surface area contributed by atoms with Gasteiger partial charge in [0.15, 0.2) is 0 Å². The Labute approximate surface area is 133 Å². The SMILES string of the molecule is CCCCCCCCC(CNCC)c1cccc(Br)c1. The maximum Gasteiger partial charge on any atom is 0.0178 e. The normalized spacial score (nSPS) is 12.6. The third-order valence-electron chi connectivity index (χ3n) is 3.87. The van der Waals surface area contributed by atoms with E-state index in [2.05, 4.69) is 59.4 Å². The molecule has 0 aromatic heterocycles. The second-order valence-electron chi connectivity index (χ2n) is 5.62. The highest BCUT2D eigenvalue weighted by atomic mass is 79.9. The van der Waals surface area contributed by atoms with Crippen molar-refractivity contribution in [3.05, 3.63) is 34.3 Å². The Morgan fingerprint density at radius 1 is 1.05 bits per heavy atom. The zero-order valence-corrected chi connectivity index (χ0v) is 14.7. The van der Waals surface area contributed by atoms with Gasteiger partial charge >= 0.3 is 0 Å². The molecular formula is C18H30BrN. The highest BCUT2D eigenvalue weighted by Gasteiger charge is 2.11. The van der Waals surface area contributed by atoms with Crippen molar-refractivity contribution in [2.75, 3.05) is 13.1 Å². The van der Waals surface area contributed by atoms with Crippen LogP contribution < -0.4 is 5.32 Å². The van der Waals surface area contributed by atoms with Gasteiger partial charge in [-0.15, -0.1) is 0 Å². The molecule has 0 spiro atoms. The van der Waals surface area contributed by atoms with E-state index in [1.165, 1.54) is 55.0 Å². The number of rotatable bonds is 11. The minimum atomic E-state index is 0.652. The number of likely N-dealkylation sites (N-methyl/N-ethyl adjacent to an activating group) is 1. The first-order chi connectivity index (χ1) is 9.77. The molecule has 0 bridgehead atoms. The van der Waals surface area contributed by atoms with Crippen LogP contribution >= 0.6 is 15.9 Å². The van der Waals surface area contributed by atoms with E-state index in [-0.39, 0.29) is 0 Å². The molecule has 1 aromatic rings. The fourth-order valence-electron chi connectivity index (χ4n) is 2.64. The molecule has 1 unspecified atom stereocenters. The van der Waals surface area contributed by atoms with Crippen molar-refractivity contribution in [3.8, 4) is 0 Å². The monoisotopic (exact) mass is 339 g/mol. The Balaban J connectivity index is 2.40. The Hall–Kier alpha value is -0.340. The highest BCUT2D eigenvalue weighted by Crippen LogP contribution is 2.25. The van der Waals surface area contributed by atoms with E-state index < -0.39 is 0 Å². The van der Waals surface area contributed by atoms with Crippen LogP contribution in [0, 0.1) is 0 Å². The summed E-state index contributed by atoms with van der Waals surface area (Å²) in [6.07, 6.45) is 9.58. The molecule has 1 rings (SSSR count). The van der Waals surface area contributed by atoms with E-state index in [9.17, 15) is 0 Å². The van der Waals surface area contributed by atoms with Crippen molar-refractivity contribution in [3.63, 3.8) is 0 Å². The van der Waals surface area contributed by atoms with Crippen molar-refractivity contribution in [1.82, 2.24) is 5.32 Å². The van der Waals surface area contributed by atoms with Crippen LogP contribution in [0.5, 0.6) is 0 Å². The smallest absolute Gasteiger partial charge is 0.0178 e. The van der Waals surface area contributed by atoms with Gasteiger partial charge < -0.3 is 5.32 Å². The van der Waals surface area contributed by atoms with Gasteiger partial charge in [-0.3, -0.25) is 0 Å². The molecule has 1 atom stereocenters. The molecule has 1 N–H and O–H groups in total. The topological polar surface area (TPSA) is 12.0 Å². The lowest BCUT2D eigenvalue weighted by molar-refractivity contribution is 0.512. The van der Waals surface area contributed by atoms with Crippen LogP contribution in [0.15, 0.2) is 28.7 Å². The predicted molar refractivity (Wildman–Crippen MR) is 93.4 cm³/mol. The molecule has 114 valence electrons. The fourth-order valence-corrected chi connectivity index (χ4v) is 3.05. The first-order valence-corrected chi connectivity index (χ1v) is 9.03. The van der Waals surface area contributed by atoms with E-state index in [1.54, 1.807) is 0 Å². The molecule has 0 saturated carbocycles. The van der Waals surface area contributed by atoms with Crippen LogP contribution in [-0.2, 0) is 0 Å². The molecule has 0 radical (unpaired) electrons. The van der Waals surface area contributed by atoms with E-state index >= 15 is 0 Å². The van der Waals surface area contributed by atoms with E-state index in [0.29, 0.717) is 5.92 Å². The van der Waals surface area contributed by atoms with Crippen molar-refractivity contribution in [2.45, 2.75) is 64.7 Å². The predicted octanol–water partition coefficient (Wildman–Crippen LogP) is 5.89. The molecule has 2 heteroatoms. The Kier molecular flexibility index (Phi) is 10.0. The fraction of sp³-hybridized carbons (Fsp3) is 0.667. The van der Waals surface area contributed by atoms with E-state index in [1.807, 2.05) is 0 Å². The first-order valence-electron chi connectivity index (χ1n) is 8.24. The summed E-state index contributed by atoms with van der Waals surface area (Å²) in [7, 11) is 0. The lowest BCUT2D eigenvalue weighted by Gasteiger charge is -2.18. The molecule has 0 fully saturated rings. The van der Waals surface area contributed by atoms with Crippen LogP contribution in [0.1, 0.15) is 70.3 Å². The van der Waals surface area contributed by atoms with Crippen molar-refractivity contribution in [2.24, 2.45) is 0 Å². The number of benzene rings is 1. The summed E-state index contributed by atoms with van der Waals surface area (Å²) < 4.78 is 1.19. The van der Waals surface area contributed by atoms with E-state index in [4.69, 9.17) is 0 Å². The molecule has 0 aliphatic carbocycles. The number of hydrogen-bond acceptors (Lipinski definition) is 1. The maximum absolute atomic E-state index is 3.59. The van der Waals surface area contributed by atoms with Gasteiger partial charge in [0.2, 0.25) is 0 Å². The van der Waals surface area contributed by atoms with Gasteiger partial charge in [0.05, 0.1) is 0 Å². The largest absolute Gasteiger partial charge is 0.316 e. The number of halogens is 1. The standard InChI is InChI=1S/C18H30BrN/c1-3-5-6-7-8-9-11-17(15-20-4-2)16-12-10-13-18(19)14-16/h10,12-14,17,20H,3-9,11,15H2,1-2H3. The Bertz CT molecular complexity index is 351. The van der Waals surface area contributed by atoms with Gasteiger partial charge in [-0.1, -0.05) is 80.4 Å². The third kappa shape index (κ3) is 7.44. The third-order valence-corrected chi connectivity index (χ3v) is 4.36. The Morgan fingerprint density at radius 2 is 1.80 bits per heavy atom. The van der Waals surface area contributed by atoms with Crippen LogP contribution in [0.25, 0.3) is 0 Å². The average Bonchev–Trinajstić information content (AvgIpc) is 2.45. The minimum absolute atomic E-state index is 0.652. The lowest BCUT2D eigenvalue weighted by atomic mass is 9.92. The molecule has 0 aliphatic rings. The summed E-state index contributed by atoms with van der Waals surface area (Å²) >= 11 is 3.59. The van der Waals surface area contributed by atoms with Gasteiger partial charge in [0.25, 0.3) is 0 Å². The Morgan fingerprint density at radius 3 is 2.50 bits per heavy atom. The summed E-state index contributed by atoms with van der Waals surface area (Å²) in [5.74, 6) is 0.652. The van der Waals surface area contributed by atoms with Crippen LogP contribution in [0.4, 0.5) is 0 Å². The molecular weight excluding hydrogens is 310 g/mol. The minimum Gasteiger partial charge on any atom is -0.316 e. The second-order valence-corrected chi connectivity index (χ2v) is 6.53. The van der Waals surface area contributed by atoms with Gasteiger partial charge in [0, 0.05) is 11.0 Å². The van der Waals surface area contributed by atoms with Crippen LogP contribution in [0.3, 0.4) is 0 Å². The molecule has 20 heavy (non-hydrogen) atoms. The van der Waals surface area contributed by atoms with Crippen LogP contribution in [0.2, 0.25) is 0 Å². The first kappa shape index (κ1) is 17.7. The molecule has 1 aromatic carbocycles. The average molecular weight is 340 g/mol. The number of nitrogens with one attached hydrogen (secondary N) is 1. The highest BCUT2D eigenvalue weighted by molar-refractivity contribution is 9.10. The summed E-state index contributed by atoms with van der Waals surface area (Å²) in [6.45, 7) is 6.62. The van der Waals surface area contributed by atoms with Crippen LogP contribution in [-0.4, -0.2) is 13.1 Å². The van der Waals surface area contributed by atoms with E-state index in [0.717, 1.165) is 13.1 Å². The van der Waals surface area contributed by atoms with Crippen molar-refractivity contribution >= 4 is 15.9 Å². The van der Waals surface area contributed by atoms with Crippen molar-refractivity contribution in [1.29, 1.82) is 0 Å². The maximum atomic E-state index is 3.59. The number of hydrogen-bond donors (Lipinski definition) is 1. The van der Waals surface area contributed by atoms with Gasteiger partial charge in [-0.2, -0.15) is 0 Å². The lowest BCUT2D eigenvalue weighted by Crippen LogP contribution is -2.21. The van der Waals surface area contributed by atoms with Gasteiger partial charge in [0.1, 0.15) is 0 Å². The quantitative estimate of drug-likeness (QED) is 0.495. The molecule has 0 heterocycles. The van der Waals surface area contributed by atoms with Crippen molar-refractivity contribution < 1.29 is 0 Å². The van der Waals surface area contributed by atoms with Gasteiger partial charge in [-0.25, -0.2) is 0 Å². The summed E-state index contributed by atoms with van der Waals surface area (Å²) in [5.41, 5.74) is 1.47. The zero-order valence-electron chi connectivity index (χ0n) is 13.1. The summed E-state index contributed by atoms with van der Waals surface area (Å²) in [4.78, 5) is 0. The summed E-state index contributed by atoms with van der Waals surface area (Å²) in [6, 6.07) is 8.81.